The van der Waals surface area contributed by atoms with Gasteiger partial charge in [0.1, 0.15) is 0 Å². The Labute approximate surface area is 89.3 Å². The predicted octanol–water partition coefficient (Wildman–Crippen LogP) is 0.551. The van der Waals surface area contributed by atoms with Crippen LogP contribution in [0.25, 0.3) is 0 Å². The maximum atomic E-state index is 11.6. The number of hydrogen-bond acceptors (Lipinski definition) is 3. The Bertz CT molecular complexity index is 380. The van der Waals surface area contributed by atoms with E-state index in [0.717, 1.165) is 38.0 Å². The first kappa shape index (κ1) is 10.4. The molecule has 0 amide bonds. The zero-order valence-electron chi connectivity index (χ0n) is 9.07. The van der Waals surface area contributed by atoms with E-state index in [1.165, 1.54) is 0 Å². The van der Waals surface area contributed by atoms with Gasteiger partial charge in [-0.1, -0.05) is 0 Å². The van der Waals surface area contributed by atoms with Crippen LogP contribution in [0, 0.1) is 12.8 Å². The number of nitrogens with one attached hydrogen (secondary N) is 1. The SMILES string of the molecule is Cc1cnn(CC2CCNCC2)c(=O)c1. The van der Waals surface area contributed by atoms with Crippen LogP contribution in [0.1, 0.15) is 18.4 Å². The summed E-state index contributed by atoms with van der Waals surface area (Å²) in [4.78, 5) is 11.6. The third-order valence-corrected chi connectivity index (χ3v) is 2.90. The fourth-order valence-corrected chi connectivity index (χ4v) is 1.97. The van der Waals surface area contributed by atoms with Crippen molar-refractivity contribution in [1.82, 2.24) is 15.1 Å². The van der Waals surface area contributed by atoms with Crippen molar-refractivity contribution in [3.63, 3.8) is 0 Å². The second-order valence-corrected chi connectivity index (χ2v) is 4.25. The highest BCUT2D eigenvalue weighted by molar-refractivity contribution is 5.02. The van der Waals surface area contributed by atoms with Gasteiger partial charge >= 0.3 is 0 Å². The minimum Gasteiger partial charge on any atom is -0.317 e. The van der Waals surface area contributed by atoms with Crippen molar-refractivity contribution in [3.05, 3.63) is 28.2 Å². The highest BCUT2D eigenvalue weighted by Gasteiger charge is 2.14. The number of rotatable bonds is 2. The van der Waals surface area contributed by atoms with E-state index < -0.39 is 0 Å². The van der Waals surface area contributed by atoms with Gasteiger partial charge in [0.15, 0.2) is 0 Å². The van der Waals surface area contributed by atoms with Gasteiger partial charge in [0, 0.05) is 12.6 Å². The Morgan fingerprint density at radius 1 is 1.53 bits per heavy atom. The first-order valence-electron chi connectivity index (χ1n) is 5.50. The van der Waals surface area contributed by atoms with E-state index in [1.54, 1.807) is 16.9 Å². The van der Waals surface area contributed by atoms with Gasteiger partial charge in [-0.25, -0.2) is 4.68 Å². The maximum absolute atomic E-state index is 11.6. The van der Waals surface area contributed by atoms with Crippen LogP contribution in [0.4, 0.5) is 0 Å². The van der Waals surface area contributed by atoms with Crippen LogP contribution in [0.2, 0.25) is 0 Å². The van der Waals surface area contributed by atoms with Crippen molar-refractivity contribution in [3.8, 4) is 0 Å². The van der Waals surface area contributed by atoms with Gasteiger partial charge in [0.05, 0.1) is 6.20 Å². The van der Waals surface area contributed by atoms with Gasteiger partial charge < -0.3 is 5.32 Å². The summed E-state index contributed by atoms with van der Waals surface area (Å²) < 4.78 is 1.59. The fraction of sp³-hybridized carbons (Fsp3) is 0.636. The number of hydrogen-bond donors (Lipinski definition) is 1. The third-order valence-electron chi connectivity index (χ3n) is 2.90. The summed E-state index contributed by atoms with van der Waals surface area (Å²) in [7, 11) is 0. The molecule has 1 aliphatic heterocycles. The summed E-state index contributed by atoms with van der Waals surface area (Å²) in [6, 6.07) is 1.65. The molecule has 2 heterocycles. The minimum atomic E-state index is 0.0218. The molecule has 1 saturated heterocycles. The van der Waals surface area contributed by atoms with Crippen LogP contribution in [-0.4, -0.2) is 22.9 Å². The maximum Gasteiger partial charge on any atom is 0.266 e. The molecule has 1 aromatic heterocycles. The second kappa shape index (κ2) is 4.57. The molecule has 15 heavy (non-hydrogen) atoms. The molecule has 82 valence electrons. The third kappa shape index (κ3) is 2.65. The van der Waals surface area contributed by atoms with E-state index in [-0.39, 0.29) is 5.56 Å². The van der Waals surface area contributed by atoms with Crippen molar-refractivity contribution >= 4 is 0 Å². The summed E-state index contributed by atoms with van der Waals surface area (Å²) in [5.41, 5.74) is 0.954. The molecular formula is C11H17N3O. The van der Waals surface area contributed by atoms with E-state index >= 15 is 0 Å². The van der Waals surface area contributed by atoms with Gasteiger partial charge in [0.25, 0.3) is 5.56 Å². The Morgan fingerprint density at radius 2 is 2.27 bits per heavy atom. The van der Waals surface area contributed by atoms with Crippen LogP contribution in [0.5, 0.6) is 0 Å². The Kier molecular flexibility index (Phi) is 3.16. The lowest BCUT2D eigenvalue weighted by Gasteiger charge is -2.22. The first-order chi connectivity index (χ1) is 7.25. The van der Waals surface area contributed by atoms with Crippen molar-refractivity contribution in [2.75, 3.05) is 13.1 Å². The molecule has 1 N–H and O–H groups in total. The van der Waals surface area contributed by atoms with Crippen molar-refractivity contribution in [1.29, 1.82) is 0 Å². The van der Waals surface area contributed by atoms with E-state index in [1.807, 2.05) is 6.92 Å². The molecule has 0 radical (unpaired) electrons. The highest BCUT2D eigenvalue weighted by atomic mass is 16.1. The first-order valence-corrected chi connectivity index (χ1v) is 5.50. The zero-order valence-corrected chi connectivity index (χ0v) is 9.07. The summed E-state index contributed by atoms with van der Waals surface area (Å²) in [5.74, 6) is 0.596. The van der Waals surface area contributed by atoms with E-state index in [2.05, 4.69) is 10.4 Å². The molecule has 4 nitrogen and oxygen atoms in total. The second-order valence-electron chi connectivity index (χ2n) is 4.25. The highest BCUT2D eigenvalue weighted by Crippen LogP contribution is 2.12. The van der Waals surface area contributed by atoms with Gasteiger partial charge in [-0.15, -0.1) is 0 Å². The number of aryl methyl sites for hydroxylation is 1. The number of piperidine rings is 1. The van der Waals surface area contributed by atoms with E-state index in [0.29, 0.717) is 5.92 Å². The fourth-order valence-electron chi connectivity index (χ4n) is 1.97. The summed E-state index contributed by atoms with van der Waals surface area (Å²) in [6.45, 7) is 4.78. The minimum absolute atomic E-state index is 0.0218. The average molecular weight is 207 g/mol. The topological polar surface area (TPSA) is 46.9 Å². The molecule has 0 bridgehead atoms. The smallest absolute Gasteiger partial charge is 0.266 e. The predicted molar refractivity (Wildman–Crippen MR) is 58.8 cm³/mol. The van der Waals surface area contributed by atoms with Crippen LogP contribution in [0.15, 0.2) is 17.1 Å². The van der Waals surface area contributed by atoms with Crippen molar-refractivity contribution < 1.29 is 0 Å². The molecule has 1 aliphatic rings. The van der Waals surface area contributed by atoms with Crippen LogP contribution >= 0.6 is 0 Å². The normalized spacial score (nSPS) is 17.9. The lowest BCUT2D eigenvalue weighted by atomic mass is 9.98. The summed E-state index contributed by atoms with van der Waals surface area (Å²) in [5, 5.41) is 7.47. The Balaban J connectivity index is 2.06. The molecule has 2 rings (SSSR count). The molecule has 0 aliphatic carbocycles. The van der Waals surface area contributed by atoms with Gasteiger partial charge in [-0.3, -0.25) is 4.79 Å². The van der Waals surface area contributed by atoms with Crippen LogP contribution in [0.3, 0.4) is 0 Å². The van der Waals surface area contributed by atoms with Crippen molar-refractivity contribution in [2.45, 2.75) is 26.3 Å². The monoisotopic (exact) mass is 207 g/mol. The molecule has 0 saturated carbocycles. The van der Waals surface area contributed by atoms with Crippen LogP contribution < -0.4 is 10.9 Å². The quantitative estimate of drug-likeness (QED) is 0.770. The standard InChI is InChI=1S/C11H17N3O/c1-9-6-11(15)14(13-7-9)8-10-2-4-12-5-3-10/h6-7,10,12H,2-5,8H2,1H3. The van der Waals surface area contributed by atoms with Crippen LogP contribution in [-0.2, 0) is 6.54 Å². The van der Waals surface area contributed by atoms with E-state index in [4.69, 9.17) is 0 Å². The molecule has 1 fully saturated rings. The van der Waals surface area contributed by atoms with Gasteiger partial charge in [0.2, 0.25) is 0 Å². The molecule has 0 aromatic carbocycles. The van der Waals surface area contributed by atoms with Gasteiger partial charge in [-0.05, 0) is 44.3 Å². The zero-order chi connectivity index (χ0) is 10.7. The lowest BCUT2D eigenvalue weighted by Crippen LogP contribution is -2.33. The molecule has 0 unspecified atom stereocenters. The largest absolute Gasteiger partial charge is 0.317 e. The lowest BCUT2D eigenvalue weighted by molar-refractivity contribution is 0.315. The summed E-state index contributed by atoms with van der Waals surface area (Å²) >= 11 is 0. The molecular weight excluding hydrogens is 190 g/mol. The average Bonchev–Trinajstić information content (AvgIpc) is 2.24. The van der Waals surface area contributed by atoms with Crippen molar-refractivity contribution in [2.24, 2.45) is 5.92 Å². The number of nitrogens with zero attached hydrogens (tertiary/aromatic N) is 2. The molecule has 0 spiro atoms. The number of aromatic nitrogens is 2. The summed E-state index contributed by atoms with van der Waals surface area (Å²) in [6.07, 6.45) is 4.03. The molecule has 1 aromatic rings. The van der Waals surface area contributed by atoms with E-state index in [9.17, 15) is 4.79 Å². The molecule has 4 heteroatoms. The Morgan fingerprint density at radius 3 is 2.93 bits per heavy atom. The Hall–Kier alpha value is -1.16. The van der Waals surface area contributed by atoms with Gasteiger partial charge in [-0.2, -0.15) is 5.10 Å². The molecule has 0 atom stereocenters.